The molecule has 1 aromatic carbocycles. The van der Waals surface area contributed by atoms with Gasteiger partial charge in [-0.3, -0.25) is 4.79 Å². The van der Waals surface area contributed by atoms with Crippen LogP contribution >= 0.6 is 11.8 Å². The third-order valence-corrected chi connectivity index (χ3v) is 3.23. The molecule has 0 saturated heterocycles. The summed E-state index contributed by atoms with van der Waals surface area (Å²) in [6.45, 7) is 2.24. The molecule has 0 bridgehead atoms. The SMILES string of the molecule is CSc1ccc(N(C)CC(C)C(=O)O)cc1. The standard InChI is InChI=1S/C12H17NO2S/c1-9(12(14)15)8-13(2)10-4-6-11(16-3)7-5-10/h4-7,9H,8H2,1-3H3,(H,14,15). The topological polar surface area (TPSA) is 40.5 Å². The van der Waals surface area contributed by atoms with Crippen molar-refractivity contribution in [3.63, 3.8) is 0 Å². The first kappa shape index (κ1) is 12.9. The Balaban J connectivity index is 2.65. The van der Waals surface area contributed by atoms with Gasteiger partial charge >= 0.3 is 5.97 Å². The first-order valence-corrected chi connectivity index (χ1v) is 6.35. The Bertz CT molecular complexity index is 351. The van der Waals surface area contributed by atoms with Crippen molar-refractivity contribution in [2.75, 3.05) is 24.7 Å². The van der Waals surface area contributed by atoms with Gasteiger partial charge in [0.25, 0.3) is 0 Å². The lowest BCUT2D eigenvalue weighted by Crippen LogP contribution is -2.28. The fourth-order valence-electron chi connectivity index (χ4n) is 1.43. The molecule has 1 aromatic rings. The number of carboxylic acid groups (broad SMARTS) is 1. The van der Waals surface area contributed by atoms with Crippen LogP contribution in [0.5, 0.6) is 0 Å². The van der Waals surface area contributed by atoms with Gasteiger partial charge in [0.15, 0.2) is 0 Å². The van der Waals surface area contributed by atoms with Gasteiger partial charge in [-0.2, -0.15) is 0 Å². The number of hydrogen-bond donors (Lipinski definition) is 1. The molecule has 1 atom stereocenters. The maximum atomic E-state index is 10.7. The van der Waals surface area contributed by atoms with Crippen LogP contribution < -0.4 is 4.90 Å². The lowest BCUT2D eigenvalue weighted by Gasteiger charge is -2.21. The minimum atomic E-state index is -0.757. The normalized spacial score (nSPS) is 12.2. The lowest BCUT2D eigenvalue weighted by molar-refractivity contribution is -0.140. The highest BCUT2D eigenvalue weighted by Gasteiger charge is 2.13. The van der Waals surface area contributed by atoms with Gasteiger partial charge in [-0.05, 0) is 30.5 Å². The van der Waals surface area contributed by atoms with Crippen molar-refractivity contribution in [2.45, 2.75) is 11.8 Å². The minimum Gasteiger partial charge on any atom is -0.481 e. The van der Waals surface area contributed by atoms with Gasteiger partial charge < -0.3 is 10.0 Å². The Morgan fingerprint density at radius 3 is 2.44 bits per heavy atom. The van der Waals surface area contributed by atoms with Gasteiger partial charge in [-0.15, -0.1) is 11.8 Å². The van der Waals surface area contributed by atoms with Crippen molar-refractivity contribution in [2.24, 2.45) is 5.92 Å². The molecular weight excluding hydrogens is 222 g/mol. The Morgan fingerprint density at radius 1 is 1.44 bits per heavy atom. The summed E-state index contributed by atoms with van der Waals surface area (Å²) in [7, 11) is 1.91. The Kier molecular flexibility index (Phi) is 4.68. The number of benzene rings is 1. The van der Waals surface area contributed by atoms with Crippen LogP contribution in [0, 0.1) is 5.92 Å². The summed E-state index contributed by atoms with van der Waals surface area (Å²) < 4.78 is 0. The molecule has 0 amide bonds. The van der Waals surface area contributed by atoms with E-state index in [2.05, 4.69) is 0 Å². The largest absolute Gasteiger partial charge is 0.481 e. The Morgan fingerprint density at radius 2 is 2.00 bits per heavy atom. The van der Waals surface area contributed by atoms with E-state index >= 15 is 0 Å². The van der Waals surface area contributed by atoms with Crippen LogP contribution in [0.25, 0.3) is 0 Å². The average Bonchev–Trinajstić information content (AvgIpc) is 2.28. The van der Waals surface area contributed by atoms with E-state index in [1.807, 2.05) is 42.5 Å². The van der Waals surface area contributed by atoms with Crippen LogP contribution in [0.2, 0.25) is 0 Å². The summed E-state index contributed by atoms with van der Waals surface area (Å²) in [6.07, 6.45) is 2.03. The van der Waals surface area contributed by atoms with Crippen LogP contribution in [0.1, 0.15) is 6.92 Å². The van der Waals surface area contributed by atoms with Gasteiger partial charge in [0.2, 0.25) is 0 Å². The maximum absolute atomic E-state index is 10.7. The highest BCUT2D eigenvalue weighted by atomic mass is 32.2. The molecule has 0 spiro atoms. The summed E-state index contributed by atoms with van der Waals surface area (Å²) in [5.41, 5.74) is 1.05. The molecule has 0 fully saturated rings. The fourth-order valence-corrected chi connectivity index (χ4v) is 1.84. The highest BCUT2D eigenvalue weighted by molar-refractivity contribution is 7.98. The number of hydrogen-bond acceptors (Lipinski definition) is 3. The number of anilines is 1. The number of carbonyl (C=O) groups is 1. The predicted octanol–water partition coefficient (Wildman–Crippen LogP) is 2.57. The van der Waals surface area contributed by atoms with E-state index in [1.165, 1.54) is 4.90 Å². The van der Waals surface area contributed by atoms with Gasteiger partial charge in [0.05, 0.1) is 5.92 Å². The van der Waals surface area contributed by atoms with E-state index in [1.54, 1.807) is 18.7 Å². The lowest BCUT2D eigenvalue weighted by atomic mass is 10.1. The summed E-state index contributed by atoms with van der Waals surface area (Å²) in [4.78, 5) is 13.9. The third-order valence-electron chi connectivity index (χ3n) is 2.48. The molecule has 1 unspecified atom stereocenters. The number of aliphatic carboxylic acids is 1. The number of rotatable bonds is 5. The van der Waals surface area contributed by atoms with Crippen molar-refractivity contribution in [3.05, 3.63) is 24.3 Å². The molecule has 4 heteroatoms. The van der Waals surface area contributed by atoms with E-state index in [0.29, 0.717) is 6.54 Å². The van der Waals surface area contributed by atoms with Crippen LogP contribution in [-0.4, -0.2) is 30.9 Å². The second-order valence-corrected chi connectivity index (χ2v) is 4.70. The molecule has 0 heterocycles. The molecule has 0 aliphatic rings. The van der Waals surface area contributed by atoms with E-state index in [4.69, 9.17) is 5.11 Å². The number of thioether (sulfide) groups is 1. The Labute approximate surface area is 100 Å². The molecule has 3 nitrogen and oxygen atoms in total. The van der Waals surface area contributed by atoms with Crippen molar-refractivity contribution in [3.8, 4) is 0 Å². The van der Waals surface area contributed by atoms with Crippen molar-refractivity contribution >= 4 is 23.4 Å². The van der Waals surface area contributed by atoms with Gasteiger partial charge in [-0.25, -0.2) is 0 Å². The zero-order valence-corrected chi connectivity index (χ0v) is 10.6. The third kappa shape index (κ3) is 3.45. The molecule has 0 aromatic heterocycles. The fraction of sp³-hybridized carbons (Fsp3) is 0.417. The van der Waals surface area contributed by atoms with E-state index in [9.17, 15) is 4.79 Å². The summed E-state index contributed by atoms with van der Waals surface area (Å²) in [5, 5.41) is 8.83. The van der Waals surface area contributed by atoms with Crippen LogP contribution in [0.15, 0.2) is 29.2 Å². The van der Waals surface area contributed by atoms with Gasteiger partial charge in [0.1, 0.15) is 0 Å². The second kappa shape index (κ2) is 5.80. The van der Waals surface area contributed by atoms with E-state index in [0.717, 1.165) is 5.69 Å². The number of carboxylic acids is 1. The first-order valence-electron chi connectivity index (χ1n) is 5.12. The van der Waals surface area contributed by atoms with Gasteiger partial charge in [-0.1, -0.05) is 6.92 Å². The molecule has 0 radical (unpaired) electrons. The number of nitrogens with zero attached hydrogens (tertiary/aromatic N) is 1. The van der Waals surface area contributed by atoms with Crippen LogP contribution in [-0.2, 0) is 4.79 Å². The smallest absolute Gasteiger partial charge is 0.308 e. The van der Waals surface area contributed by atoms with Crippen LogP contribution in [0.4, 0.5) is 5.69 Å². The summed E-state index contributed by atoms with van der Waals surface area (Å²) in [5.74, 6) is -1.11. The minimum absolute atomic E-state index is 0.356. The van der Waals surface area contributed by atoms with E-state index < -0.39 is 5.97 Å². The zero-order chi connectivity index (χ0) is 12.1. The van der Waals surface area contributed by atoms with Gasteiger partial charge in [0, 0.05) is 24.2 Å². The Hall–Kier alpha value is -1.16. The maximum Gasteiger partial charge on any atom is 0.308 e. The van der Waals surface area contributed by atoms with Crippen LogP contribution in [0.3, 0.4) is 0 Å². The first-order chi connectivity index (χ1) is 7.54. The summed E-state index contributed by atoms with van der Waals surface area (Å²) in [6, 6.07) is 8.12. The second-order valence-electron chi connectivity index (χ2n) is 3.82. The molecule has 88 valence electrons. The molecule has 16 heavy (non-hydrogen) atoms. The molecule has 0 aliphatic carbocycles. The van der Waals surface area contributed by atoms with Crippen molar-refractivity contribution in [1.82, 2.24) is 0 Å². The monoisotopic (exact) mass is 239 g/mol. The summed E-state index contributed by atoms with van der Waals surface area (Å²) >= 11 is 1.70. The van der Waals surface area contributed by atoms with Crippen molar-refractivity contribution < 1.29 is 9.90 Å². The zero-order valence-electron chi connectivity index (χ0n) is 9.80. The van der Waals surface area contributed by atoms with E-state index in [-0.39, 0.29) is 5.92 Å². The predicted molar refractivity (Wildman–Crippen MR) is 68.3 cm³/mol. The molecule has 0 saturated carbocycles. The molecule has 0 aliphatic heterocycles. The van der Waals surface area contributed by atoms with Crippen molar-refractivity contribution in [1.29, 1.82) is 0 Å². The molecule has 1 rings (SSSR count). The highest BCUT2D eigenvalue weighted by Crippen LogP contribution is 2.20. The molecule has 1 N–H and O–H groups in total. The average molecular weight is 239 g/mol. The quantitative estimate of drug-likeness (QED) is 0.802. The molecular formula is C12H17NO2S.